The van der Waals surface area contributed by atoms with Crippen molar-refractivity contribution in [1.82, 2.24) is 25.0 Å². The summed E-state index contributed by atoms with van der Waals surface area (Å²) in [5.74, 6) is -3.23. The molecule has 2 amide bonds. The summed E-state index contributed by atoms with van der Waals surface area (Å²) in [4.78, 5) is 32.7. The lowest BCUT2D eigenvalue weighted by molar-refractivity contribution is -0.142. The van der Waals surface area contributed by atoms with Crippen LogP contribution in [0.1, 0.15) is 36.3 Å². The number of hydrogen-bond acceptors (Lipinski definition) is 5. The van der Waals surface area contributed by atoms with Gasteiger partial charge in [-0.2, -0.15) is 0 Å². The van der Waals surface area contributed by atoms with E-state index in [-0.39, 0.29) is 49.5 Å². The van der Waals surface area contributed by atoms with Gasteiger partial charge >= 0.3 is 0 Å². The Labute approximate surface area is 160 Å². The molecule has 2 aliphatic heterocycles. The zero-order valence-electron chi connectivity index (χ0n) is 15.4. The van der Waals surface area contributed by atoms with E-state index in [0.717, 1.165) is 0 Å². The van der Waals surface area contributed by atoms with Gasteiger partial charge in [0.25, 0.3) is 11.8 Å². The number of aromatic nitrogens is 3. The fraction of sp³-hybridized carbons (Fsp3) is 0.526. The van der Waals surface area contributed by atoms with Crippen molar-refractivity contribution >= 4 is 22.8 Å². The van der Waals surface area contributed by atoms with Crippen molar-refractivity contribution < 1.29 is 18.4 Å². The molecule has 2 aromatic rings. The van der Waals surface area contributed by atoms with Crippen molar-refractivity contribution in [3.8, 4) is 0 Å². The van der Waals surface area contributed by atoms with Gasteiger partial charge in [0, 0.05) is 44.9 Å². The molecule has 1 aromatic carbocycles. The molecule has 0 N–H and O–H groups in total. The number of benzene rings is 1. The molecule has 1 aromatic heterocycles. The largest absolute Gasteiger partial charge is 0.342 e. The van der Waals surface area contributed by atoms with E-state index in [0.29, 0.717) is 37.0 Å². The molecule has 9 heteroatoms. The van der Waals surface area contributed by atoms with Gasteiger partial charge in [0.1, 0.15) is 5.52 Å². The Bertz CT molecular complexity index is 889. The predicted molar refractivity (Wildman–Crippen MR) is 96.7 cm³/mol. The highest BCUT2D eigenvalue weighted by molar-refractivity contribution is 5.92. The molecule has 148 valence electrons. The maximum Gasteiger partial charge on any atom is 0.293 e. The van der Waals surface area contributed by atoms with Crippen LogP contribution in [0.2, 0.25) is 0 Å². The summed E-state index contributed by atoms with van der Waals surface area (Å²) in [5.41, 5.74) is 1.23. The smallest absolute Gasteiger partial charge is 0.293 e. The normalized spacial score (nSPS) is 20.4. The minimum absolute atomic E-state index is 0.0433. The van der Waals surface area contributed by atoms with Crippen molar-refractivity contribution in [1.29, 1.82) is 0 Å². The molecule has 2 fully saturated rings. The molecule has 0 aliphatic carbocycles. The van der Waals surface area contributed by atoms with Gasteiger partial charge in [-0.15, -0.1) is 10.2 Å². The standard InChI is InChI=1S/C19H21F2N5O2/c20-19(21)7-11-26(12-8-19)17(27)13-5-9-25(10-6-13)18(28)16-22-14-3-1-2-4-15(14)23-24-16/h1-4,13H,5-12H2. The third-order valence-electron chi connectivity index (χ3n) is 5.49. The number of para-hydroxylation sites is 1. The van der Waals surface area contributed by atoms with Crippen LogP contribution in [-0.4, -0.2) is 68.9 Å². The molecule has 0 saturated carbocycles. The summed E-state index contributed by atoms with van der Waals surface area (Å²) in [6.07, 6.45) is 0.474. The SMILES string of the molecule is O=C(c1nnc2ccccc2n1)N1CCC(C(=O)N2CCC(F)(F)CC2)CC1. The zero-order valence-corrected chi connectivity index (χ0v) is 15.4. The van der Waals surface area contributed by atoms with Crippen LogP contribution in [0.25, 0.3) is 11.0 Å². The number of fused-ring (bicyclic) bond motifs is 1. The molecule has 4 rings (SSSR count). The molecule has 3 heterocycles. The first-order valence-electron chi connectivity index (χ1n) is 9.48. The number of carbonyl (C=O) groups excluding carboxylic acids is 2. The van der Waals surface area contributed by atoms with E-state index in [4.69, 9.17) is 0 Å². The van der Waals surface area contributed by atoms with Crippen molar-refractivity contribution in [3.05, 3.63) is 30.1 Å². The lowest BCUT2D eigenvalue weighted by atomic mass is 9.94. The Morgan fingerprint density at radius 1 is 0.929 bits per heavy atom. The van der Waals surface area contributed by atoms with E-state index < -0.39 is 5.92 Å². The molecule has 28 heavy (non-hydrogen) atoms. The minimum atomic E-state index is -2.67. The van der Waals surface area contributed by atoms with Crippen molar-refractivity contribution in [2.45, 2.75) is 31.6 Å². The Kier molecular flexibility index (Phi) is 4.91. The Morgan fingerprint density at radius 2 is 1.57 bits per heavy atom. The molecule has 0 atom stereocenters. The first-order valence-corrected chi connectivity index (χ1v) is 9.48. The third kappa shape index (κ3) is 3.79. The molecule has 2 saturated heterocycles. The van der Waals surface area contributed by atoms with Gasteiger partial charge < -0.3 is 9.80 Å². The van der Waals surface area contributed by atoms with Crippen molar-refractivity contribution in [2.24, 2.45) is 5.92 Å². The van der Waals surface area contributed by atoms with Crippen LogP contribution in [0.15, 0.2) is 24.3 Å². The number of likely N-dealkylation sites (tertiary alicyclic amines) is 2. The van der Waals surface area contributed by atoms with E-state index in [1.54, 1.807) is 17.0 Å². The highest BCUT2D eigenvalue weighted by atomic mass is 19.3. The Morgan fingerprint density at radius 3 is 2.25 bits per heavy atom. The van der Waals surface area contributed by atoms with Gasteiger partial charge in [-0.05, 0) is 25.0 Å². The topological polar surface area (TPSA) is 79.3 Å². The summed E-state index contributed by atoms with van der Waals surface area (Å²) in [7, 11) is 0. The minimum Gasteiger partial charge on any atom is -0.342 e. The third-order valence-corrected chi connectivity index (χ3v) is 5.49. The van der Waals surface area contributed by atoms with E-state index in [9.17, 15) is 18.4 Å². The molecular formula is C19H21F2N5O2. The van der Waals surface area contributed by atoms with Crippen LogP contribution in [0, 0.1) is 5.92 Å². The highest BCUT2D eigenvalue weighted by Crippen LogP contribution is 2.29. The fourth-order valence-electron chi connectivity index (χ4n) is 3.75. The van der Waals surface area contributed by atoms with Crippen molar-refractivity contribution in [2.75, 3.05) is 26.2 Å². The van der Waals surface area contributed by atoms with Crippen LogP contribution in [0.3, 0.4) is 0 Å². The molecule has 0 spiro atoms. The van der Waals surface area contributed by atoms with Gasteiger partial charge in [0.05, 0.1) is 5.52 Å². The molecule has 7 nitrogen and oxygen atoms in total. The monoisotopic (exact) mass is 389 g/mol. The van der Waals surface area contributed by atoms with E-state index >= 15 is 0 Å². The first-order chi connectivity index (χ1) is 13.4. The number of rotatable bonds is 2. The Hall–Kier alpha value is -2.71. The molecule has 0 bridgehead atoms. The molecular weight excluding hydrogens is 368 g/mol. The number of halogens is 2. The number of carbonyl (C=O) groups is 2. The van der Waals surface area contributed by atoms with Gasteiger partial charge in [-0.25, -0.2) is 13.8 Å². The second kappa shape index (κ2) is 7.37. The Balaban J connectivity index is 1.35. The number of hydrogen-bond donors (Lipinski definition) is 0. The number of amides is 2. The van der Waals surface area contributed by atoms with Crippen LogP contribution < -0.4 is 0 Å². The van der Waals surface area contributed by atoms with Crippen molar-refractivity contribution in [3.63, 3.8) is 0 Å². The highest BCUT2D eigenvalue weighted by Gasteiger charge is 2.38. The fourth-order valence-corrected chi connectivity index (χ4v) is 3.75. The maximum absolute atomic E-state index is 13.3. The average molecular weight is 389 g/mol. The summed E-state index contributed by atoms with van der Waals surface area (Å²) >= 11 is 0. The average Bonchev–Trinajstić information content (AvgIpc) is 2.72. The zero-order chi connectivity index (χ0) is 19.7. The van der Waals surface area contributed by atoms with E-state index in [1.165, 1.54) is 4.90 Å². The summed E-state index contributed by atoms with van der Waals surface area (Å²) in [6, 6.07) is 7.19. The maximum atomic E-state index is 13.3. The van der Waals surface area contributed by atoms with Crippen LogP contribution in [0.4, 0.5) is 8.78 Å². The molecule has 0 unspecified atom stereocenters. The molecule has 0 radical (unpaired) electrons. The summed E-state index contributed by atoms with van der Waals surface area (Å²) in [6.45, 7) is 1.02. The quantitative estimate of drug-likeness (QED) is 0.786. The second-order valence-corrected chi connectivity index (χ2v) is 7.37. The first kappa shape index (κ1) is 18.6. The summed E-state index contributed by atoms with van der Waals surface area (Å²) < 4.78 is 26.6. The van der Waals surface area contributed by atoms with Crippen LogP contribution >= 0.6 is 0 Å². The number of alkyl halides is 2. The predicted octanol–water partition coefficient (Wildman–Crippen LogP) is 2.13. The number of nitrogens with zero attached hydrogens (tertiary/aromatic N) is 5. The van der Waals surface area contributed by atoms with Gasteiger partial charge in [-0.1, -0.05) is 12.1 Å². The van der Waals surface area contributed by atoms with E-state index in [1.807, 2.05) is 12.1 Å². The van der Waals surface area contributed by atoms with Crippen LogP contribution in [-0.2, 0) is 4.79 Å². The lowest BCUT2D eigenvalue weighted by Crippen LogP contribution is -2.48. The summed E-state index contributed by atoms with van der Waals surface area (Å²) in [5, 5.41) is 7.96. The van der Waals surface area contributed by atoms with E-state index in [2.05, 4.69) is 15.2 Å². The van der Waals surface area contributed by atoms with Gasteiger partial charge in [0.15, 0.2) is 0 Å². The van der Waals surface area contributed by atoms with Crippen LogP contribution in [0.5, 0.6) is 0 Å². The van der Waals surface area contributed by atoms with Gasteiger partial charge in [0.2, 0.25) is 11.7 Å². The lowest BCUT2D eigenvalue weighted by Gasteiger charge is -2.37. The molecule has 2 aliphatic rings. The van der Waals surface area contributed by atoms with Gasteiger partial charge in [-0.3, -0.25) is 9.59 Å². The second-order valence-electron chi connectivity index (χ2n) is 7.37. The number of piperidine rings is 2.